The summed E-state index contributed by atoms with van der Waals surface area (Å²) < 4.78 is 0. The largest absolute Gasteiger partial charge is 0.327 e. The lowest BCUT2D eigenvalue weighted by Crippen LogP contribution is -2.52. The molecule has 104 valence electrons. The first kappa shape index (κ1) is 13.0. The van der Waals surface area contributed by atoms with E-state index in [2.05, 4.69) is 13.8 Å². The van der Waals surface area contributed by atoms with E-state index in [0.29, 0.717) is 6.04 Å². The quantitative estimate of drug-likeness (QED) is 0.776. The van der Waals surface area contributed by atoms with Crippen molar-refractivity contribution < 1.29 is 0 Å². The van der Waals surface area contributed by atoms with Crippen LogP contribution < -0.4 is 5.73 Å². The molecule has 4 fully saturated rings. The fourth-order valence-corrected chi connectivity index (χ4v) is 5.83. The Morgan fingerprint density at radius 1 is 0.889 bits per heavy atom. The molecule has 0 spiro atoms. The van der Waals surface area contributed by atoms with Crippen molar-refractivity contribution in [3.8, 4) is 0 Å². The third kappa shape index (κ3) is 2.24. The van der Waals surface area contributed by atoms with E-state index in [0.717, 1.165) is 35.5 Å². The lowest BCUT2D eigenvalue weighted by atomic mass is 9.50. The van der Waals surface area contributed by atoms with Gasteiger partial charge in [0.2, 0.25) is 0 Å². The van der Waals surface area contributed by atoms with Crippen LogP contribution in [0.2, 0.25) is 0 Å². The Balaban J connectivity index is 1.65. The molecule has 4 rings (SSSR count). The highest BCUT2D eigenvalue weighted by Crippen LogP contribution is 2.57. The molecule has 0 aromatic rings. The second-order valence-corrected chi connectivity index (χ2v) is 7.59. The zero-order valence-corrected chi connectivity index (χ0v) is 12.3. The van der Waals surface area contributed by atoms with Crippen molar-refractivity contribution in [1.29, 1.82) is 0 Å². The maximum atomic E-state index is 6.65. The lowest BCUT2D eigenvalue weighted by molar-refractivity contribution is -0.0494. The van der Waals surface area contributed by atoms with Gasteiger partial charge in [-0.3, -0.25) is 0 Å². The van der Waals surface area contributed by atoms with Crippen LogP contribution in [0, 0.1) is 35.5 Å². The van der Waals surface area contributed by atoms with Crippen LogP contribution in [0.3, 0.4) is 0 Å². The molecule has 1 heteroatoms. The first-order valence-electron chi connectivity index (χ1n) is 8.46. The minimum absolute atomic E-state index is 0.505. The molecule has 1 nitrogen and oxygen atoms in total. The highest BCUT2D eigenvalue weighted by Gasteiger charge is 2.49. The van der Waals surface area contributed by atoms with E-state index < -0.39 is 0 Å². The van der Waals surface area contributed by atoms with Gasteiger partial charge < -0.3 is 5.73 Å². The summed E-state index contributed by atoms with van der Waals surface area (Å²) in [7, 11) is 0. The average molecular weight is 249 g/mol. The zero-order chi connectivity index (χ0) is 12.7. The third-order valence-corrected chi connectivity index (χ3v) is 6.55. The van der Waals surface area contributed by atoms with Crippen molar-refractivity contribution in [2.45, 2.75) is 71.3 Å². The van der Waals surface area contributed by atoms with Crippen LogP contribution in [0.1, 0.15) is 65.2 Å². The van der Waals surface area contributed by atoms with Crippen molar-refractivity contribution in [2.75, 3.05) is 0 Å². The van der Waals surface area contributed by atoms with E-state index in [4.69, 9.17) is 5.73 Å². The Kier molecular flexibility index (Phi) is 3.71. The van der Waals surface area contributed by atoms with Crippen LogP contribution in [0.25, 0.3) is 0 Å². The Morgan fingerprint density at radius 2 is 1.39 bits per heavy atom. The van der Waals surface area contributed by atoms with Gasteiger partial charge in [-0.05, 0) is 74.0 Å². The molecule has 0 aromatic carbocycles. The van der Waals surface area contributed by atoms with Gasteiger partial charge in [-0.2, -0.15) is 0 Å². The van der Waals surface area contributed by atoms with Gasteiger partial charge in [-0.15, -0.1) is 0 Å². The van der Waals surface area contributed by atoms with Gasteiger partial charge in [0.1, 0.15) is 0 Å². The molecule has 4 aliphatic carbocycles. The van der Waals surface area contributed by atoms with Crippen molar-refractivity contribution in [2.24, 2.45) is 41.2 Å². The van der Waals surface area contributed by atoms with Gasteiger partial charge in [0.15, 0.2) is 0 Å². The maximum Gasteiger partial charge on any atom is 0.00750 e. The molecular formula is C17H31N. The summed E-state index contributed by atoms with van der Waals surface area (Å²) in [5.74, 6) is 5.94. The van der Waals surface area contributed by atoms with E-state index in [1.165, 1.54) is 44.9 Å². The van der Waals surface area contributed by atoms with Crippen molar-refractivity contribution in [3.05, 3.63) is 0 Å². The van der Waals surface area contributed by atoms with E-state index in [-0.39, 0.29) is 0 Å². The minimum Gasteiger partial charge on any atom is -0.327 e. The molecule has 0 saturated heterocycles. The van der Waals surface area contributed by atoms with E-state index >= 15 is 0 Å². The van der Waals surface area contributed by atoms with E-state index in [1.54, 1.807) is 6.42 Å². The molecule has 0 aliphatic heterocycles. The number of nitrogens with two attached hydrogens (primary N) is 1. The number of hydrogen-bond acceptors (Lipinski definition) is 1. The summed E-state index contributed by atoms with van der Waals surface area (Å²) in [6.45, 7) is 4.66. The molecule has 0 radical (unpaired) electrons. The van der Waals surface area contributed by atoms with Gasteiger partial charge in [-0.25, -0.2) is 0 Å². The molecule has 1 unspecified atom stereocenters. The molecule has 0 amide bonds. The zero-order valence-electron chi connectivity index (χ0n) is 12.3. The lowest BCUT2D eigenvalue weighted by Gasteiger charge is -2.56. The van der Waals surface area contributed by atoms with Crippen LogP contribution in [-0.4, -0.2) is 6.04 Å². The summed E-state index contributed by atoms with van der Waals surface area (Å²) in [6.07, 6.45) is 11.6. The molecular weight excluding hydrogens is 218 g/mol. The second kappa shape index (κ2) is 5.15. The molecule has 4 saturated carbocycles. The van der Waals surface area contributed by atoms with Crippen LogP contribution in [-0.2, 0) is 0 Å². The normalized spacial score (nSPS) is 43.7. The summed E-state index contributed by atoms with van der Waals surface area (Å²) >= 11 is 0. The summed E-state index contributed by atoms with van der Waals surface area (Å²) in [6, 6.07) is 0.505. The second-order valence-electron chi connectivity index (χ2n) is 7.59. The smallest absolute Gasteiger partial charge is 0.00750 e. The molecule has 18 heavy (non-hydrogen) atoms. The summed E-state index contributed by atoms with van der Waals surface area (Å²) in [4.78, 5) is 0. The van der Waals surface area contributed by atoms with Gasteiger partial charge in [0.25, 0.3) is 0 Å². The Morgan fingerprint density at radius 3 is 1.83 bits per heavy atom. The standard InChI is InChI=1S/C17H31N/c1-3-11(4-2)10-16(18)17-14-6-12-5-13(8-14)9-15(17)7-12/h11-17H,3-10,18H2,1-2H3. The van der Waals surface area contributed by atoms with E-state index in [9.17, 15) is 0 Å². The Bertz CT molecular complexity index is 253. The Labute approximate surface area is 113 Å². The molecule has 0 heterocycles. The fraction of sp³-hybridized carbons (Fsp3) is 1.00. The van der Waals surface area contributed by atoms with Crippen LogP contribution in [0.5, 0.6) is 0 Å². The monoisotopic (exact) mass is 249 g/mol. The van der Waals surface area contributed by atoms with Crippen LogP contribution >= 0.6 is 0 Å². The van der Waals surface area contributed by atoms with Gasteiger partial charge >= 0.3 is 0 Å². The fourth-order valence-electron chi connectivity index (χ4n) is 5.83. The van der Waals surface area contributed by atoms with Crippen molar-refractivity contribution in [3.63, 3.8) is 0 Å². The highest BCUT2D eigenvalue weighted by atomic mass is 14.7. The maximum absolute atomic E-state index is 6.65. The predicted molar refractivity (Wildman–Crippen MR) is 77.2 cm³/mol. The Hall–Kier alpha value is -0.0400. The molecule has 1 atom stereocenters. The SMILES string of the molecule is CCC(CC)CC(N)C1C2CC3CC(C2)CC1C3. The molecule has 2 N–H and O–H groups in total. The molecule has 0 aromatic heterocycles. The topological polar surface area (TPSA) is 26.0 Å². The molecule has 4 bridgehead atoms. The summed E-state index contributed by atoms with van der Waals surface area (Å²) in [5.41, 5.74) is 6.65. The first-order chi connectivity index (χ1) is 8.71. The number of rotatable bonds is 5. The summed E-state index contributed by atoms with van der Waals surface area (Å²) in [5, 5.41) is 0. The first-order valence-corrected chi connectivity index (χ1v) is 8.46. The van der Waals surface area contributed by atoms with Crippen molar-refractivity contribution >= 4 is 0 Å². The van der Waals surface area contributed by atoms with E-state index in [1.807, 2.05) is 0 Å². The van der Waals surface area contributed by atoms with Gasteiger partial charge in [0, 0.05) is 6.04 Å². The number of hydrogen-bond donors (Lipinski definition) is 1. The average Bonchev–Trinajstić information content (AvgIpc) is 2.34. The van der Waals surface area contributed by atoms with Gasteiger partial charge in [-0.1, -0.05) is 26.7 Å². The van der Waals surface area contributed by atoms with Gasteiger partial charge in [0.05, 0.1) is 0 Å². The van der Waals surface area contributed by atoms with Crippen molar-refractivity contribution in [1.82, 2.24) is 0 Å². The molecule has 4 aliphatic rings. The highest BCUT2D eigenvalue weighted by molar-refractivity contribution is 5.01. The third-order valence-electron chi connectivity index (χ3n) is 6.55. The van der Waals surface area contributed by atoms with Crippen LogP contribution in [0.4, 0.5) is 0 Å². The van der Waals surface area contributed by atoms with Crippen LogP contribution in [0.15, 0.2) is 0 Å². The minimum atomic E-state index is 0.505. The predicted octanol–water partition coefficient (Wildman–Crippen LogP) is 4.21.